The summed E-state index contributed by atoms with van der Waals surface area (Å²) in [5.74, 6) is 0.0162. The van der Waals surface area contributed by atoms with Crippen LogP contribution in [0.3, 0.4) is 0 Å². The third-order valence-corrected chi connectivity index (χ3v) is 6.84. The summed E-state index contributed by atoms with van der Waals surface area (Å²) in [5.41, 5.74) is 1.63. The molecule has 0 bridgehead atoms. The molecule has 1 amide bonds. The lowest BCUT2D eigenvalue weighted by molar-refractivity contribution is -0.131. The highest BCUT2D eigenvalue weighted by Crippen LogP contribution is 2.21. The van der Waals surface area contributed by atoms with E-state index >= 15 is 0 Å². The molecule has 1 saturated heterocycles. The van der Waals surface area contributed by atoms with Crippen LogP contribution in [0.5, 0.6) is 0 Å². The van der Waals surface area contributed by atoms with Gasteiger partial charge in [0.25, 0.3) is 0 Å². The van der Waals surface area contributed by atoms with Crippen molar-refractivity contribution in [3.63, 3.8) is 0 Å². The van der Waals surface area contributed by atoms with Crippen molar-refractivity contribution in [3.05, 3.63) is 29.3 Å². The van der Waals surface area contributed by atoms with E-state index < -0.39 is 10.0 Å². The smallest absolute Gasteiger partial charge is 0.243 e. The summed E-state index contributed by atoms with van der Waals surface area (Å²) in [6.07, 6.45) is 0.206. The third-order valence-electron chi connectivity index (χ3n) is 4.80. The SMILES string of the molecule is Cc1ccc(C)c(S(=O)(=O)N(CCC(=O)N2CCNCC2)CCN(C)C)c1. The van der Waals surface area contributed by atoms with E-state index in [1.165, 1.54) is 4.31 Å². The first kappa shape index (κ1) is 21.8. The lowest BCUT2D eigenvalue weighted by atomic mass is 10.2. The minimum absolute atomic E-state index is 0.0162. The maximum absolute atomic E-state index is 13.3. The first-order valence-corrected chi connectivity index (χ1v) is 10.9. The van der Waals surface area contributed by atoms with Crippen LogP contribution in [0.2, 0.25) is 0 Å². The van der Waals surface area contributed by atoms with Gasteiger partial charge in [-0.15, -0.1) is 0 Å². The van der Waals surface area contributed by atoms with Crippen molar-refractivity contribution in [2.24, 2.45) is 0 Å². The van der Waals surface area contributed by atoms with Crippen molar-refractivity contribution < 1.29 is 13.2 Å². The molecule has 0 unspecified atom stereocenters. The predicted octanol–water partition coefficient (Wildman–Crippen LogP) is 0.678. The molecule has 0 radical (unpaired) electrons. The lowest BCUT2D eigenvalue weighted by Crippen LogP contribution is -2.47. The van der Waals surface area contributed by atoms with Crippen LogP contribution in [0.25, 0.3) is 0 Å². The Kier molecular flexibility index (Phi) is 7.79. The quantitative estimate of drug-likeness (QED) is 0.700. The van der Waals surface area contributed by atoms with Crippen molar-refractivity contribution in [3.8, 4) is 0 Å². The van der Waals surface area contributed by atoms with Crippen molar-refractivity contribution in [2.45, 2.75) is 25.2 Å². The first-order chi connectivity index (χ1) is 12.7. The molecule has 7 nitrogen and oxygen atoms in total. The number of rotatable bonds is 8. The third kappa shape index (κ3) is 6.00. The average molecular weight is 397 g/mol. The minimum Gasteiger partial charge on any atom is -0.340 e. The Morgan fingerprint density at radius 1 is 1.11 bits per heavy atom. The van der Waals surface area contributed by atoms with E-state index in [1.807, 2.05) is 49.9 Å². The Labute approximate surface area is 163 Å². The van der Waals surface area contributed by atoms with Crippen molar-refractivity contribution in [2.75, 3.05) is 59.9 Å². The monoisotopic (exact) mass is 396 g/mol. The van der Waals surface area contributed by atoms with Gasteiger partial charge in [-0.1, -0.05) is 12.1 Å². The van der Waals surface area contributed by atoms with E-state index in [0.717, 1.165) is 24.2 Å². The van der Waals surface area contributed by atoms with Crippen LogP contribution in [0, 0.1) is 13.8 Å². The molecule has 1 aromatic carbocycles. The Hall–Kier alpha value is -1.48. The fourth-order valence-corrected chi connectivity index (χ4v) is 4.82. The van der Waals surface area contributed by atoms with E-state index in [9.17, 15) is 13.2 Å². The van der Waals surface area contributed by atoms with Gasteiger partial charge in [-0.3, -0.25) is 4.79 Å². The molecular weight excluding hydrogens is 364 g/mol. The van der Waals surface area contributed by atoms with Crippen LogP contribution in [-0.4, -0.2) is 88.3 Å². The molecule has 1 aliphatic heterocycles. The van der Waals surface area contributed by atoms with Crippen molar-refractivity contribution >= 4 is 15.9 Å². The molecule has 0 spiro atoms. The summed E-state index contributed by atoms with van der Waals surface area (Å²) in [6, 6.07) is 5.45. The number of hydrogen-bond acceptors (Lipinski definition) is 5. The summed E-state index contributed by atoms with van der Waals surface area (Å²) < 4.78 is 28.0. The zero-order chi connectivity index (χ0) is 20.0. The van der Waals surface area contributed by atoms with E-state index in [1.54, 1.807) is 6.07 Å². The second-order valence-electron chi connectivity index (χ2n) is 7.36. The van der Waals surface area contributed by atoms with Crippen LogP contribution in [0.1, 0.15) is 17.5 Å². The van der Waals surface area contributed by atoms with Gasteiger partial charge in [0.1, 0.15) is 0 Å². The highest BCUT2D eigenvalue weighted by molar-refractivity contribution is 7.89. The van der Waals surface area contributed by atoms with Gasteiger partial charge in [-0.25, -0.2) is 8.42 Å². The molecule has 8 heteroatoms. The van der Waals surface area contributed by atoms with Crippen LogP contribution in [0.4, 0.5) is 0 Å². The molecule has 1 aliphatic rings. The number of benzene rings is 1. The fraction of sp³-hybridized carbons (Fsp3) is 0.632. The molecule has 0 aliphatic carbocycles. The van der Waals surface area contributed by atoms with Crippen LogP contribution in [-0.2, 0) is 14.8 Å². The second kappa shape index (κ2) is 9.64. The Balaban J connectivity index is 2.17. The molecule has 0 saturated carbocycles. The molecular formula is C19H32N4O3S. The van der Waals surface area contributed by atoms with E-state index in [4.69, 9.17) is 0 Å². The van der Waals surface area contributed by atoms with Crippen molar-refractivity contribution in [1.29, 1.82) is 0 Å². The number of hydrogen-bond donors (Lipinski definition) is 1. The maximum Gasteiger partial charge on any atom is 0.243 e. The number of likely N-dealkylation sites (N-methyl/N-ethyl adjacent to an activating group) is 1. The predicted molar refractivity (Wildman–Crippen MR) is 107 cm³/mol. The van der Waals surface area contributed by atoms with Gasteiger partial charge in [0.05, 0.1) is 4.90 Å². The van der Waals surface area contributed by atoms with E-state index in [-0.39, 0.29) is 18.9 Å². The van der Waals surface area contributed by atoms with E-state index in [2.05, 4.69) is 5.32 Å². The zero-order valence-electron chi connectivity index (χ0n) is 16.9. The molecule has 1 fully saturated rings. The summed E-state index contributed by atoms with van der Waals surface area (Å²) in [4.78, 5) is 16.6. The average Bonchev–Trinajstić information content (AvgIpc) is 2.63. The summed E-state index contributed by atoms with van der Waals surface area (Å²) in [6.45, 7) is 7.79. The fourth-order valence-electron chi connectivity index (χ4n) is 3.08. The number of amides is 1. The largest absolute Gasteiger partial charge is 0.340 e. The van der Waals surface area contributed by atoms with Crippen LogP contribution < -0.4 is 5.32 Å². The number of sulfonamides is 1. The molecule has 1 heterocycles. The van der Waals surface area contributed by atoms with Gasteiger partial charge >= 0.3 is 0 Å². The maximum atomic E-state index is 13.3. The number of nitrogens with zero attached hydrogens (tertiary/aromatic N) is 3. The van der Waals surface area contributed by atoms with Crippen LogP contribution in [0.15, 0.2) is 23.1 Å². The van der Waals surface area contributed by atoms with Gasteiger partial charge in [0.2, 0.25) is 15.9 Å². The van der Waals surface area contributed by atoms with Gasteiger partial charge < -0.3 is 15.1 Å². The van der Waals surface area contributed by atoms with Gasteiger partial charge in [-0.2, -0.15) is 4.31 Å². The van der Waals surface area contributed by atoms with Crippen molar-refractivity contribution in [1.82, 2.24) is 19.4 Å². The number of aryl methyl sites for hydroxylation is 2. The second-order valence-corrected chi connectivity index (χ2v) is 9.26. The highest BCUT2D eigenvalue weighted by atomic mass is 32.2. The summed E-state index contributed by atoms with van der Waals surface area (Å²) in [5, 5.41) is 3.22. The molecule has 27 heavy (non-hydrogen) atoms. The molecule has 0 atom stereocenters. The highest BCUT2D eigenvalue weighted by Gasteiger charge is 2.27. The first-order valence-electron chi connectivity index (χ1n) is 9.42. The molecule has 2 rings (SSSR count). The standard InChI is InChI=1S/C19H32N4O3S/c1-16-5-6-17(2)18(15-16)27(25,26)23(14-13-21(3)4)10-7-19(24)22-11-8-20-9-12-22/h5-6,15,20H,7-14H2,1-4H3. The number of carbonyl (C=O) groups excluding carboxylic acids is 1. The molecule has 152 valence electrons. The van der Waals surface area contributed by atoms with Gasteiger partial charge in [-0.05, 0) is 45.1 Å². The van der Waals surface area contributed by atoms with Gasteiger partial charge in [0.15, 0.2) is 0 Å². The normalized spacial score (nSPS) is 15.6. The molecule has 0 aromatic heterocycles. The lowest BCUT2D eigenvalue weighted by Gasteiger charge is -2.29. The number of carbonyl (C=O) groups is 1. The summed E-state index contributed by atoms with van der Waals surface area (Å²) in [7, 11) is 0.170. The summed E-state index contributed by atoms with van der Waals surface area (Å²) >= 11 is 0. The Morgan fingerprint density at radius 2 is 1.78 bits per heavy atom. The number of nitrogens with one attached hydrogen (secondary N) is 1. The Bertz CT molecular complexity index is 743. The van der Waals surface area contributed by atoms with E-state index in [0.29, 0.717) is 31.1 Å². The molecule has 1 N–H and O–H groups in total. The zero-order valence-corrected chi connectivity index (χ0v) is 17.7. The Morgan fingerprint density at radius 3 is 2.41 bits per heavy atom. The van der Waals surface area contributed by atoms with Crippen LogP contribution >= 0.6 is 0 Å². The topological polar surface area (TPSA) is 73.0 Å². The number of piperazine rings is 1. The minimum atomic E-state index is -3.65. The molecule has 1 aromatic rings. The van der Waals surface area contributed by atoms with Gasteiger partial charge in [0, 0.05) is 52.2 Å².